The summed E-state index contributed by atoms with van der Waals surface area (Å²) in [5, 5.41) is 6.84. The van der Waals surface area contributed by atoms with Crippen molar-refractivity contribution in [3.05, 3.63) is 23.8 Å². The first-order chi connectivity index (χ1) is 5.88. The first-order valence-electron chi connectivity index (χ1n) is 4.61. The largest absolute Gasteiger partial charge is 0.314 e. The van der Waals surface area contributed by atoms with Gasteiger partial charge in [-0.1, -0.05) is 18.2 Å². The van der Waals surface area contributed by atoms with Crippen LogP contribution in [0.4, 0.5) is 0 Å². The van der Waals surface area contributed by atoms with Crippen molar-refractivity contribution in [2.75, 3.05) is 19.6 Å². The fourth-order valence-electron chi connectivity index (χ4n) is 1.50. The van der Waals surface area contributed by atoms with E-state index in [1.165, 1.54) is 5.57 Å². The Labute approximate surface area is 74.7 Å². The Bertz CT molecular complexity index is 176. The Hall–Kier alpha value is -0.600. The molecule has 0 aromatic heterocycles. The maximum atomic E-state index is 3.47. The third-order valence-corrected chi connectivity index (χ3v) is 2.14. The van der Waals surface area contributed by atoms with Crippen molar-refractivity contribution in [2.24, 2.45) is 0 Å². The first kappa shape index (κ1) is 9.49. The highest BCUT2D eigenvalue weighted by Gasteiger charge is 2.13. The van der Waals surface area contributed by atoms with Gasteiger partial charge in [-0.25, -0.2) is 0 Å². The molecule has 12 heavy (non-hydrogen) atoms. The van der Waals surface area contributed by atoms with E-state index in [1.54, 1.807) is 0 Å². The van der Waals surface area contributed by atoms with Crippen LogP contribution in [0.3, 0.4) is 0 Å². The van der Waals surface area contributed by atoms with Gasteiger partial charge in [0.05, 0.1) is 0 Å². The molecule has 0 spiro atoms. The standard InChI is InChI=1S/C10H18N2/c1-3-5-9(4-2)10-8-11-6-7-12-10/h3-5,10-12H,6-8H2,1-2H3/b5-3-,9-4+. The Kier molecular flexibility index (Phi) is 4.05. The molecule has 1 unspecified atom stereocenters. The molecule has 2 N–H and O–H groups in total. The number of nitrogens with one attached hydrogen (secondary N) is 2. The average molecular weight is 166 g/mol. The van der Waals surface area contributed by atoms with Gasteiger partial charge in [0.2, 0.25) is 0 Å². The van der Waals surface area contributed by atoms with E-state index in [0.717, 1.165) is 19.6 Å². The van der Waals surface area contributed by atoms with Gasteiger partial charge in [-0.2, -0.15) is 0 Å². The van der Waals surface area contributed by atoms with Crippen LogP contribution in [-0.4, -0.2) is 25.7 Å². The first-order valence-corrected chi connectivity index (χ1v) is 4.61. The fourth-order valence-corrected chi connectivity index (χ4v) is 1.50. The minimum absolute atomic E-state index is 0.500. The molecular formula is C10H18N2. The smallest absolute Gasteiger partial charge is 0.0443 e. The Morgan fingerprint density at radius 2 is 2.17 bits per heavy atom. The van der Waals surface area contributed by atoms with Crippen LogP contribution in [-0.2, 0) is 0 Å². The van der Waals surface area contributed by atoms with E-state index in [4.69, 9.17) is 0 Å². The molecule has 0 aliphatic carbocycles. The molecule has 0 aromatic rings. The number of piperazine rings is 1. The van der Waals surface area contributed by atoms with Gasteiger partial charge < -0.3 is 10.6 Å². The molecule has 1 atom stereocenters. The summed E-state index contributed by atoms with van der Waals surface area (Å²) < 4.78 is 0. The topological polar surface area (TPSA) is 24.1 Å². The van der Waals surface area contributed by atoms with Crippen molar-refractivity contribution >= 4 is 0 Å². The molecule has 0 amide bonds. The summed E-state index contributed by atoms with van der Waals surface area (Å²) in [6.07, 6.45) is 6.43. The van der Waals surface area contributed by atoms with Gasteiger partial charge in [-0.15, -0.1) is 0 Å². The van der Waals surface area contributed by atoms with Gasteiger partial charge in [-0.3, -0.25) is 0 Å². The zero-order chi connectivity index (χ0) is 8.81. The SMILES string of the molecule is C/C=C\C(=C/C)C1CNCCN1. The maximum absolute atomic E-state index is 3.47. The Morgan fingerprint density at radius 1 is 1.33 bits per heavy atom. The van der Waals surface area contributed by atoms with Crippen molar-refractivity contribution in [2.45, 2.75) is 19.9 Å². The fraction of sp³-hybridized carbons (Fsp3) is 0.600. The summed E-state index contributed by atoms with van der Waals surface area (Å²) in [7, 11) is 0. The lowest BCUT2D eigenvalue weighted by Gasteiger charge is -2.25. The van der Waals surface area contributed by atoms with Crippen LogP contribution in [0.5, 0.6) is 0 Å². The predicted molar refractivity (Wildman–Crippen MR) is 53.2 cm³/mol. The van der Waals surface area contributed by atoms with E-state index in [2.05, 4.69) is 42.7 Å². The highest BCUT2D eigenvalue weighted by atomic mass is 15.1. The van der Waals surface area contributed by atoms with E-state index < -0.39 is 0 Å². The lowest BCUT2D eigenvalue weighted by molar-refractivity contribution is 0.461. The Morgan fingerprint density at radius 3 is 2.67 bits per heavy atom. The van der Waals surface area contributed by atoms with Crippen LogP contribution in [0, 0.1) is 0 Å². The summed E-state index contributed by atoms with van der Waals surface area (Å²) in [6.45, 7) is 7.35. The van der Waals surface area contributed by atoms with Gasteiger partial charge in [0.25, 0.3) is 0 Å². The molecule has 1 aliphatic heterocycles. The maximum Gasteiger partial charge on any atom is 0.0443 e. The molecule has 1 heterocycles. The molecule has 1 fully saturated rings. The predicted octanol–water partition coefficient (Wildman–Crippen LogP) is 1.07. The summed E-state index contributed by atoms with van der Waals surface area (Å²) in [4.78, 5) is 0. The van der Waals surface area contributed by atoms with Crippen LogP contribution in [0.2, 0.25) is 0 Å². The average Bonchev–Trinajstić information content (AvgIpc) is 2.15. The highest BCUT2D eigenvalue weighted by molar-refractivity contribution is 5.24. The lowest BCUT2D eigenvalue weighted by atomic mass is 10.1. The van der Waals surface area contributed by atoms with Crippen molar-refractivity contribution < 1.29 is 0 Å². The number of hydrogen-bond donors (Lipinski definition) is 2. The van der Waals surface area contributed by atoms with E-state index in [-0.39, 0.29) is 0 Å². The molecule has 1 saturated heterocycles. The molecule has 0 aromatic carbocycles. The molecule has 0 bridgehead atoms. The number of rotatable bonds is 2. The molecular weight excluding hydrogens is 148 g/mol. The molecule has 1 aliphatic rings. The molecule has 68 valence electrons. The third-order valence-electron chi connectivity index (χ3n) is 2.14. The second-order valence-electron chi connectivity index (χ2n) is 3.00. The third kappa shape index (κ3) is 2.47. The monoisotopic (exact) mass is 166 g/mol. The lowest BCUT2D eigenvalue weighted by Crippen LogP contribution is -2.48. The van der Waals surface area contributed by atoms with Crippen molar-refractivity contribution in [1.82, 2.24) is 10.6 Å². The van der Waals surface area contributed by atoms with E-state index in [0.29, 0.717) is 6.04 Å². The molecule has 0 radical (unpaired) electrons. The zero-order valence-electron chi connectivity index (χ0n) is 7.93. The summed E-state index contributed by atoms with van der Waals surface area (Å²) in [5.41, 5.74) is 1.38. The summed E-state index contributed by atoms with van der Waals surface area (Å²) in [6, 6.07) is 0.500. The van der Waals surface area contributed by atoms with Crippen molar-refractivity contribution in [1.29, 1.82) is 0 Å². The van der Waals surface area contributed by atoms with Gasteiger partial charge in [0.1, 0.15) is 0 Å². The zero-order valence-corrected chi connectivity index (χ0v) is 7.93. The van der Waals surface area contributed by atoms with Gasteiger partial charge in [-0.05, 0) is 19.4 Å². The van der Waals surface area contributed by atoms with Gasteiger partial charge >= 0.3 is 0 Å². The summed E-state index contributed by atoms with van der Waals surface area (Å²) >= 11 is 0. The second-order valence-corrected chi connectivity index (χ2v) is 3.00. The molecule has 2 heteroatoms. The molecule has 0 saturated carbocycles. The van der Waals surface area contributed by atoms with E-state index in [1.807, 2.05) is 0 Å². The minimum Gasteiger partial charge on any atom is -0.314 e. The number of hydrogen-bond acceptors (Lipinski definition) is 2. The van der Waals surface area contributed by atoms with Crippen LogP contribution in [0.1, 0.15) is 13.8 Å². The minimum atomic E-state index is 0.500. The summed E-state index contributed by atoms with van der Waals surface area (Å²) in [5.74, 6) is 0. The Balaban J connectivity index is 2.52. The van der Waals surface area contributed by atoms with Gasteiger partial charge in [0.15, 0.2) is 0 Å². The highest BCUT2D eigenvalue weighted by Crippen LogP contribution is 2.05. The van der Waals surface area contributed by atoms with Crippen LogP contribution >= 0.6 is 0 Å². The second kappa shape index (κ2) is 5.12. The number of allylic oxidation sites excluding steroid dienone is 2. The quantitative estimate of drug-likeness (QED) is 0.600. The normalized spacial score (nSPS) is 26.5. The van der Waals surface area contributed by atoms with Crippen LogP contribution < -0.4 is 10.6 Å². The van der Waals surface area contributed by atoms with Crippen molar-refractivity contribution in [3.63, 3.8) is 0 Å². The van der Waals surface area contributed by atoms with E-state index >= 15 is 0 Å². The van der Waals surface area contributed by atoms with Crippen molar-refractivity contribution in [3.8, 4) is 0 Å². The molecule has 1 rings (SSSR count). The van der Waals surface area contributed by atoms with Crippen LogP contribution in [0.15, 0.2) is 23.8 Å². The van der Waals surface area contributed by atoms with Gasteiger partial charge in [0, 0.05) is 25.7 Å². The van der Waals surface area contributed by atoms with Crippen LogP contribution in [0.25, 0.3) is 0 Å². The molecule has 2 nitrogen and oxygen atoms in total. The van der Waals surface area contributed by atoms with E-state index in [9.17, 15) is 0 Å².